The Morgan fingerprint density at radius 1 is 0.938 bits per heavy atom. The van der Waals surface area contributed by atoms with Crippen LogP contribution in [-0.2, 0) is 16.1 Å². The third-order valence-corrected chi connectivity index (χ3v) is 10.7. The number of amides is 4. The van der Waals surface area contributed by atoms with Crippen molar-refractivity contribution in [3.8, 4) is 0 Å². The number of aromatic amines is 1. The van der Waals surface area contributed by atoms with Crippen LogP contribution in [0.5, 0.6) is 0 Å². The number of hydrogen-bond acceptors (Lipinski definition) is 8. The van der Waals surface area contributed by atoms with Crippen molar-refractivity contribution < 1.29 is 19.2 Å². The molecule has 4 aliphatic rings. The number of aromatic nitrogens is 2. The van der Waals surface area contributed by atoms with Crippen molar-refractivity contribution in [2.24, 2.45) is 0 Å². The molecule has 256 valence electrons. The average molecular weight is 658 g/mol. The van der Waals surface area contributed by atoms with E-state index in [1.54, 1.807) is 11.3 Å². The summed E-state index contributed by atoms with van der Waals surface area (Å²) < 4.78 is 0. The summed E-state index contributed by atoms with van der Waals surface area (Å²) in [5, 5.41) is 19.2. The fraction of sp³-hybridized carbons (Fsp3) is 0.543. The summed E-state index contributed by atoms with van der Waals surface area (Å²) in [5.41, 5.74) is 3.86. The number of piperidine rings is 2. The van der Waals surface area contributed by atoms with E-state index in [4.69, 9.17) is 4.84 Å². The van der Waals surface area contributed by atoms with Crippen LogP contribution in [0.25, 0.3) is 10.9 Å². The van der Waals surface area contributed by atoms with E-state index in [9.17, 15) is 14.4 Å². The molecular formula is C35H47N9O4. The summed E-state index contributed by atoms with van der Waals surface area (Å²) in [7, 11) is 0. The Kier molecular flexibility index (Phi) is 9.78. The lowest BCUT2D eigenvalue weighted by Crippen LogP contribution is -2.58. The molecule has 13 heteroatoms. The zero-order valence-electron chi connectivity index (χ0n) is 27.7. The summed E-state index contributed by atoms with van der Waals surface area (Å²) in [4.78, 5) is 52.7. The molecular weight excluding hydrogens is 610 g/mol. The van der Waals surface area contributed by atoms with Crippen LogP contribution in [0.3, 0.4) is 0 Å². The van der Waals surface area contributed by atoms with Crippen molar-refractivity contribution in [3.05, 3.63) is 59.8 Å². The van der Waals surface area contributed by atoms with E-state index >= 15 is 0 Å². The number of carbonyl (C=O) groups excluding carboxylic acids is 3. The number of carbonyl (C=O) groups is 3. The van der Waals surface area contributed by atoms with Gasteiger partial charge in [-0.2, -0.15) is 5.10 Å². The molecule has 7 rings (SSSR count). The predicted molar refractivity (Wildman–Crippen MR) is 182 cm³/mol. The molecule has 2 unspecified atom stereocenters. The maximum Gasteiger partial charge on any atom is 0.426 e. The van der Waals surface area contributed by atoms with Gasteiger partial charge in [-0.25, -0.2) is 9.59 Å². The molecule has 5 heterocycles. The highest BCUT2D eigenvalue weighted by Gasteiger charge is 2.36. The Bertz CT molecular complexity index is 1590. The number of benzene rings is 2. The molecule has 3 aromatic rings. The first kappa shape index (κ1) is 32.4. The van der Waals surface area contributed by atoms with Gasteiger partial charge >= 0.3 is 12.1 Å². The maximum absolute atomic E-state index is 14.1. The van der Waals surface area contributed by atoms with Gasteiger partial charge in [-0.3, -0.25) is 14.8 Å². The van der Waals surface area contributed by atoms with Gasteiger partial charge in [-0.15, -0.1) is 5.06 Å². The van der Waals surface area contributed by atoms with Crippen molar-refractivity contribution in [2.45, 2.75) is 63.1 Å². The average Bonchev–Trinajstić information content (AvgIpc) is 3.53. The van der Waals surface area contributed by atoms with Crippen LogP contribution < -0.4 is 16.0 Å². The first-order valence-corrected chi connectivity index (χ1v) is 17.5. The van der Waals surface area contributed by atoms with Crippen molar-refractivity contribution >= 4 is 34.6 Å². The number of piperazine rings is 1. The van der Waals surface area contributed by atoms with Crippen LogP contribution in [0.1, 0.15) is 49.7 Å². The van der Waals surface area contributed by atoms with Gasteiger partial charge in [-0.05, 0) is 74.5 Å². The molecule has 0 saturated carbocycles. The van der Waals surface area contributed by atoms with E-state index in [0.29, 0.717) is 51.6 Å². The number of rotatable bonds is 7. The molecule has 4 aliphatic heterocycles. The number of nitrogens with one attached hydrogen (secondary N) is 4. The van der Waals surface area contributed by atoms with Gasteiger partial charge < -0.3 is 30.6 Å². The van der Waals surface area contributed by atoms with Gasteiger partial charge in [0.05, 0.1) is 11.7 Å². The lowest BCUT2D eigenvalue weighted by Gasteiger charge is -2.42. The lowest BCUT2D eigenvalue weighted by atomic mass is 9.91. The second-order valence-electron chi connectivity index (χ2n) is 13.5. The Morgan fingerprint density at radius 2 is 1.71 bits per heavy atom. The van der Waals surface area contributed by atoms with Crippen LogP contribution in [0.4, 0.5) is 15.3 Å². The molecule has 3 saturated heterocycles. The number of hydroxylamine groups is 2. The van der Waals surface area contributed by atoms with E-state index in [0.717, 1.165) is 73.2 Å². The molecule has 4 amide bonds. The summed E-state index contributed by atoms with van der Waals surface area (Å²) in [6.45, 7) is 8.62. The predicted octanol–water partition coefficient (Wildman–Crippen LogP) is 3.13. The van der Waals surface area contributed by atoms with Gasteiger partial charge in [-0.1, -0.05) is 31.2 Å². The monoisotopic (exact) mass is 657 g/mol. The Balaban J connectivity index is 0.976. The number of nitrogens with zero attached hydrogens (tertiary/aromatic N) is 5. The fourth-order valence-electron chi connectivity index (χ4n) is 7.77. The highest BCUT2D eigenvalue weighted by atomic mass is 16.7. The van der Waals surface area contributed by atoms with Gasteiger partial charge in [0.1, 0.15) is 6.04 Å². The third-order valence-electron chi connectivity index (χ3n) is 10.7. The highest BCUT2D eigenvalue weighted by molar-refractivity contribution is 5.91. The van der Waals surface area contributed by atoms with E-state index in [-0.39, 0.29) is 23.9 Å². The molecule has 48 heavy (non-hydrogen) atoms. The molecule has 4 N–H and O–H groups in total. The van der Waals surface area contributed by atoms with E-state index in [2.05, 4.69) is 37.1 Å². The largest absolute Gasteiger partial charge is 0.426 e. The number of hydrogen-bond donors (Lipinski definition) is 4. The van der Waals surface area contributed by atoms with E-state index in [1.165, 1.54) is 0 Å². The van der Waals surface area contributed by atoms with Gasteiger partial charge in [0, 0.05) is 74.9 Å². The third kappa shape index (κ3) is 7.13. The maximum atomic E-state index is 14.1. The van der Waals surface area contributed by atoms with E-state index in [1.807, 2.05) is 53.1 Å². The Hall–Kier alpha value is -4.20. The van der Waals surface area contributed by atoms with Gasteiger partial charge in [0.2, 0.25) is 5.91 Å². The fourth-order valence-corrected chi connectivity index (χ4v) is 7.77. The van der Waals surface area contributed by atoms with E-state index < -0.39 is 12.1 Å². The van der Waals surface area contributed by atoms with Crippen LogP contribution >= 0.6 is 0 Å². The topological polar surface area (TPSA) is 138 Å². The minimum Gasteiger partial charge on any atom is -0.351 e. The standard InChI is InChI=1S/C35H47N9O4/c1-24(26-6-7-31-27(22-26)23-37-40-31)32(33(45)42-20-18-41(19-21-42)28-8-13-36-14-9-28)39-35(47)48-43-15-11-29(12-16-43)44-17-10-25-4-2-3-5-30(25)38-34(44)46/h2-7,22-24,28-29,32,36H,8-21H2,1H3,(H,37,40)(H,38,46)(H,39,47). The molecule has 0 aliphatic carbocycles. The number of para-hydroxylation sites is 1. The molecule has 0 spiro atoms. The molecule has 13 nitrogen and oxygen atoms in total. The number of fused-ring (bicyclic) bond motifs is 2. The Labute approximate surface area is 281 Å². The summed E-state index contributed by atoms with van der Waals surface area (Å²) in [6.07, 6.45) is 5.55. The van der Waals surface area contributed by atoms with Gasteiger partial charge in [0.15, 0.2) is 0 Å². The summed E-state index contributed by atoms with van der Waals surface area (Å²) in [5.74, 6) is -0.396. The Morgan fingerprint density at radius 3 is 2.50 bits per heavy atom. The van der Waals surface area contributed by atoms with Crippen molar-refractivity contribution in [2.75, 3.05) is 64.2 Å². The van der Waals surface area contributed by atoms with Crippen molar-refractivity contribution in [3.63, 3.8) is 0 Å². The normalized spacial score (nSPS) is 21.6. The minimum atomic E-state index is -0.799. The first-order valence-electron chi connectivity index (χ1n) is 17.5. The second-order valence-corrected chi connectivity index (χ2v) is 13.5. The quantitative estimate of drug-likeness (QED) is 0.304. The smallest absolute Gasteiger partial charge is 0.351 e. The number of H-pyrrole nitrogens is 1. The van der Waals surface area contributed by atoms with Crippen molar-refractivity contribution in [1.82, 2.24) is 40.6 Å². The second kappa shape index (κ2) is 14.5. The minimum absolute atomic E-state index is 0.0537. The highest BCUT2D eigenvalue weighted by Crippen LogP contribution is 2.27. The molecule has 2 aromatic carbocycles. The summed E-state index contributed by atoms with van der Waals surface area (Å²) in [6, 6.07) is 13.6. The van der Waals surface area contributed by atoms with Crippen LogP contribution in [0, 0.1) is 0 Å². The molecule has 3 fully saturated rings. The van der Waals surface area contributed by atoms with Gasteiger partial charge in [0.25, 0.3) is 0 Å². The zero-order chi connectivity index (χ0) is 33.0. The van der Waals surface area contributed by atoms with Crippen LogP contribution in [0.2, 0.25) is 0 Å². The summed E-state index contributed by atoms with van der Waals surface area (Å²) >= 11 is 0. The van der Waals surface area contributed by atoms with Crippen molar-refractivity contribution in [1.29, 1.82) is 0 Å². The van der Waals surface area contributed by atoms with Crippen LogP contribution in [-0.4, -0.2) is 125 Å². The molecule has 1 aromatic heterocycles. The molecule has 2 atom stereocenters. The molecule has 0 radical (unpaired) electrons. The SMILES string of the molecule is CC(c1ccc2[nH]ncc2c1)C(NC(=O)ON1CCC(N2CCc3ccccc3NC2=O)CC1)C(=O)N1CCN(C2CCNCC2)CC1. The number of anilines is 1. The molecule has 0 bridgehead atoms. The number of urea groups is 1. The van der Waals surface area contributed by atoms with Crippen LogP contribution in [0.15, 0.2) is 48.7 Å². The lowest BCUT2D eigenvalue weighted by molar-refractivity contribution is -0.138. The zero-order valence-corrected chi connectivity index (χ0v) is 27.7. The first-order chi connectivity index (χ1) is 23.4.